The van der Waals surface area contributed by atoms with Crippen molar-refractivity contribution in [1.29, 1.82) is 0 Å². The van der Waals surface area contributed by atoms with Crippen LogP contribution in [0.4, 0.5) is 0 Å². The lowest BCUT2D eigenvalue weighted by Gasteiger charge is -2.14. The number of halogens is 1. The molecule has 0 aliphatic rings. The topological polar surface area (TPSA) is 18.5 Å². The van der Waals surface area contributed by atoms with E-state index in [9.17, 15) is 0 Å². The van der Waals surface area contributed by atoms with Crippen LogP contribution in [0.2, 0.25) is 5.02 Å². The lowest BCUT2D eigenvalue weighted by molar-refractivity contribution is 0.0556. The van der Waals surface area contributed by atoms with E-state index in [4.69, 9.17) is 21.1 Å². The van der Waals surface area contributed by atoms with Gasteiger partial charge in [0.25, 0.3) is 0 Å². The summed E-state index contributed by atoms with van der Waals surface area (Å²) in [5.41, 5.74) is 0. The molecule has 1 rings (SSSR count). The molecule has 0 radical (unpaired) electrons. The summed E-state index contributed by atoms with van der Waals surface area (Å²) >= 11 is 5.93. The predicted octanol–water partition coefficient (Wildman–Crippen LogP) is 3.14. The minimum Gasteiger partial charge on any atom is -0.489 e. The SMILES string of the molecule is CC[C@H](COc1ccccc1Cl)OC. The molecule has 0 saturated heterocycles. The first-order valence-electron chi connectivity index (χ1n) is 4.68. The molecule has 0 unspecified atom stereocenters. The molecule has 78 valence electrons. The maximum Gasteiger partial charge on any atom is 0.138 e. The van der Waals surface area contributed by atoms with E-state index >= 15 is 0 Å². The Bertz CT molecular complexity index is 272. The second-order valence-corrected chi connectivity index (χ2v) is 3.41. The van der Waals surface area contributed by atoms with Gasteiger partial charge in [-0.3, -0.25) is 0 Å². The Morgan fingerprint density at radius 2 is 2.07 bits per heavy atom. The maximum absolute atomic E-state index is 5.93. The number of ether oxygens (including phenoxy) is 2. The molecule has 2 nitrogen and oxygen atoms in total. The zero-order chi connectivity index (χ0) is 10.4. The Balaban J connectivity index is 2.49. The summed E-state index contributed by atoms with van der Waals surface area (Å²) in [7, 11) is 1.68. The van der Waals surface area contributed by atoms with Crippen molar-refractivity contribution in [2.45, 2.75) is 19.4 Å². The number of rotatable bonds is 5. The van der Waals surface area contributed by atoms with Crippen molar-refractivity contribution in [3.63, 3.8) is 0 Å². The van der Waals surface area contributed by atoms with Gasteiger partial charge < -0.3 is 9.47 Å². The van der Waals surface area contributed by atoms with E-state index in [-0.39, 0.29) is 6.10 Å². The Hall–Kier alpha value is -0.730. The third kappa shape index (κ3) is 3.20. The molecule has 0 amide bonds. The Labute approximate surface area is 89.8 Å². The normalized spacial score (nSPS) is 12.5. The molecular weight excluding hydrogens is 200 g/mol. The predicted molar refractivity (Wildman–Crippen MR) is 58.0 cm³/mol. The zero-order valence-corrected chi connectivity index (χ0v) is 9.25. The van der Waals surface area contributed by atoms with Crippen molar-refractivity contribution in [3.8, 4) is 5.75 Å². The van der Waals surface area contributed by atoms with Crippen molar-refractivity contribution in [2.24, 2.45) is 0 Å². The van der Waals surface area contributed by atoms with Crippen LogP contribution in [0.5, 0.6) is 5.75 Å². The number of para-hydroxylation sites is 1. The minimum atomic E-state index is 0.131. The highest BCUT2D eigenvalue weighted by molar-refractivity contribution is 6.32. The van der Waals surface area contributed by atoms with Crippen LogP contribution in [0, 0.1) is 0 Å². The highest BCUT2D eigenvalue weighted by Crippen LogP contribution is 2.23. The largest absolute Gasteiger partial charge is 0.489 e. The highest BCUT2D eigenvalue weighted by Gasteiger charge is 2.06. The summed E-state index contributed by atoms with van der Waals surface area (Å²) in [6.45, 7) is 2.60. The van der Waals surface area contributed by atoms with Gasteiger partial charge in [0.15, 0.2) is 0 Å². The molecule has 0 aliphatic carbocycles. The van der Waals surface area contributed by atoms with Crippen molar-refractivity contribution < 1.29 is 9.47 Å². The monoisotopic (exact) mass is 214 g/mol. The van der Waals surface area contributed by atoms with Gasteiger partial charge in [-0.2, -0.15) is 0 Å². The zero-order valence-electron chi connectivity index (χ0n) is 8.50. The van der Waals surface area contributed by atoms with Crippen molar-refractivity contribution in [3.05, 3.63) is 29.3 Å². The van der Waals surface area contributed by atoms with Crippen LogP contribution < -0.4 is 4.74 Å². The van der Waals surface area contributed by atoms with Gasteiger partial charge in [-0.25, -0.2) is 0 Å². The molecule has 0 N–H and O–H groups in total. The summed E-state index contributed by atoms with van der Waals surface area (Å²) in [5, 5.41) is 0.637. The summed E-state index contributed by atoms with van der Waals surface area (Å²) in [6, 6.07) is 7.44. The van der Waals surface area contributed by atoms with Gasteiger partial charge in [-0.1, -0.05) is 30.7 Å². The molecule has 0 aromatic heterocycles. The fourth-order valence-electron chi connectivity index (χ4n) is 1.10. The standard InChI is InChI=1S/C11H15ClO2/c1-3-9(13-2)8-14-11-7-5-4-6-10(11)12/h4-7,9H,3,8H2,1-2H3/t9-/m1/s1. The lowest BCUT2D eigenvalue weighted by atomic mass is 10.3. The fraction of sp³-hybridized carbons (Fsp3) is 0.455. The fourth-order valence-corrected chi connectivity index (χ4v) is 1.29. The Morgan fingerprint density at radius 3 is 2.64 bits per heavy atom. The molecular formula is C11H15ClO2. The van der Waals surface area contributed by atoms with E-state index in [1.165, 1.54) is 0 Å². The first kappa shape index (κ1) is 11.3. The van der Waals surface area contributed by atoms with Crippen LogP contribution in [-0.4, -0.2) is 19.8 Å². The Morgan fingerprint density at radius 1 is 1.36 bits per heavy atom. The van der Waals surface area contributed by atoms with Crippen LogP contribution in [0.15, 0.2) is 24.3 Å². The van der Waals surface area contributed by atoms with Gasteiger partial charge in [-0.05, 0) is 18.6 Å². The molecule has 0 saturated carbocycles. The molecule has 1 aromatic rings. The van der Waals surface area contributed by atoms with Gasteiger partial charge in [-0.15, -0.1) is 0 Å². The molecule has 0 fully saturated rings. The Kier molecular flexibility index (Phi) is 4.77. The molecule has 3 heteroatoms. The second-order valence-electron chi connectivity index (χ2n) is 3.01. The number of hydrogen-bond donors (Lipinski definition) is 0. The molecule has 0 spiro atoms. The summed E-state index contributed by atoms with van der Waals surface area (Å²) in [4.78, 5) is 0. The van der Waals surface area contributed by atoms with Gasteiger partial charge in [0.1, 0.15) is 12.4 Å². The average molecular weight is 215 g/mol. The van der Waals surface area contributed by atoms with Crippen LogP contribution >= 0.6 is 11.6 Å². The number of benzene rings is 1. The third-order valence-corrected chi connectivity index (χ3v) is 2.36. The minimum absolute atomic E-state index is 0.131. The molecule has 0 heterocycles. The number of methoxy groups -OCH3 is 1. The molecule has 0 bridgehead atoms. The first-order valence-corrected chi connectivity index (χ1v) is 5.05. The molecule has 1 atom stereocenters. The van der Waals surface area contributed by atoms with E-state index in [1.807, 2.05) is 24.3 Å². The van der Waals surface area contributed by atoms with E-state index in [1.54, 1.807) is 7.11 Å². The highest BCUT2D eigenvalue weighted by atomic mass is 35.5. The second kappa shape index (κ2) is 5.89. The van der Waals surface area contributed by atoms with Crippen molar-refractivity contribution in [1.82, 2.24) is 0 Å². The molecule has 0 aliphatic heterocycles. The molecule has 1 aromatic carbocycles. The van der Waals surface area contributed by atoms with E-state index < -0.39 is 0 Å². The van der Waals surface area contributed by atoms with Gasteiger partial charge in [0.2, 0.25) is 0 Å². The van der Waals surface area contributed by atoms with Crippen LogP contribution in [-0.2, 0) is 4.74 Å². The summed E-state index contributed by atoms with van der Waals surface area (Å²) in [5.74, 6) is 0.713. The maximum atomic E-state index is 5.93. The van der Waals surface area contributed by atoms with Crippen molar-refractivity contribution >= 4 is 11.6 Å². The van der Waals surface area contributed by atoms with Gasteiger partial charge >= 0.3 is 0 Å². The third-order valence-electron chi connectivity index (χ3n) is 2.05. The lowest BCUT2D eigenvalue weighted by Crippen LogP contribution is -2.19. The number of hydrogen-bond acceptors (Lipinski definition) is 2. The first-order chi connectivity index (χ1) is 6.77. The molecule has 14 heavy (non-hydrogen) atoms. The van der Waals surface area contributed by atoms with Gasteiger partial charge in [0, 0.05) is 7.11 Å². The van der Waals surface area contributed by atoms with E-state index in [0.29, 0.717) is 17.4 Å². The van der Waals surface area contributed by atoms with E-state index in [0.717, 1.165) is 6.42 Å². The van der Waals surface area contributed by atoms with Crippen LogP contribution in [0.3, 0.4) is 0 Å². The summed E-state index contributed by atoms with van der Waals surface area (Å²) in [6.07, 6.45) is 1.06. The van der Waals surface area contributed by atoms with Crippen molar-refractivity contribution in [2.75, 3.05) is 13.7 Å². The van der Waals surface area contributed by atoms with Crippen LogP contribution in [0.1, 0.15) is 13.3 Å². The van der Waals surface area contributed by atoms with Gasteiger partial charge in [0.05, 0.1) is 11.1 Å². The summed E-state index contributed by atoms with van der Waals surface area (Å²) < 4.78 is 10.7. The van der Waals surface area contributed by atoms with Crippen LogP contribution in [0.25, 0.3) is 0 Å². The quantitative estimate of drug-likeness (QED) is 0.750. The average Bonchev–Trinajstić information content (AvgIpc) is 2.22. The van der Waals surface area contributed by atoms with E-state index in [2.05, 4.69) is 6.92 Å². The smallest absolute Gasteiger partial charge is 0.138 e.